The third-order valence-electron chi connectivity index (χ3n) is 5.33. The van der Waals surface area contributed by atoms with Crippen LogP contribution in [0, 0.1) is 37.5 Å². The minimum absolute atomic E-state index is 0.735. The number of rotatable bonds is 2. The van der Waals surface area contributed by atoms with Gasteiger partial charge in [0.15, 0.2) is 5.60 Å². The van der Waals surface area contributed by atoms with Crippen LogP contribution in [0.15, 0.2) is 103 Å². The van der Waals surface area contributed by atoms with Crippen molar-refractivity contribution >= 4 is 0 Å². The first kappa shape index (κ1) is 21.2. The van der Waals surface area contributed by atoms with Gasteiger partial charge < -0.3 is 5.11 Å². The van der Waals surface area contributed by atoms with Crippen molar-refractivity contribution in [2.24, 2.45) is 0 Å². The summed E-state index contributed by atoms with van der Waals surface area (Å²) < 4.78 is 0. The third-order valence-corrected chi connectivity index (χ3v) is 5.33. The lowest BCUT2D eigenvalue weighted by Gasteiger charge is -2.23. The van der Waals surface area contributed by atoms with E-state index >= 15 is 0 Å². The first-order chi connectivity index (χ1) is 15.5. The van der Waals surface area contributed by atoms with Crippen molar-refractivity contribution in [3.8, 4) is 23.7 Å². The first-order valence-corrected chi connectivity index (χ1v) is 10.6. The molecule has 0 spiro atoms. The molecule has 4 aromatic carbocycles. The lowest BCUT2D eigenvalue weighted by molar-refractivity contribution is 0.145. The minimum Gasteiger partial charge on any atom is -0.369 e. The average Bonchev–Trinajstić information content (AvgIpc) is 2.84. The highest BCUT2D eigenvalue weighted by molar-refractivity contribution is 5.56. The molecule has 0 saturated carbocycles. The zero-order valence-electron chi connectivity index (χ0n) is 18.3. The summed E-state index contributed by atoms with van der Waals surface area (Å²) in [5.41, 5.74) is 4.95. The molecule has 32 heavy (non-hydrogen) atoms. The lowest BCUT2D eigenvalue weighted by Crippen LogP contribution is -2.25. The molecule has 0 saturated heterocycles. The molecule has 1 heteroatoms. The number of aliphatic hydroxyl groups is 1. The van der Waals surface area contributed by atoms with Crippen LogP contribution in [0.2, 0.25) is 0 Å². The standard InChI is InChI=1S/C31H24O/c1-24-13-16-26(17-14-24)18-20-27-19-15-25(2)23-28(27)21-22-31(32,29-9-5-3-6-10-29)30-11-7-4-8-12-30/h3-17,19,23,32H,1-2H3. The number of hydrogen-bond acceptors (Lipinski definition) is 1. The molecule has 4 aromatic rings. The molecular weight excluding hydrogens is 388 g/mol. The van der Waals surface area contributed by atoms with E-state index in [-0.39, 0.29) is 0 Å². The maximum Gasteiger partial charge on any atom is 0.177 e. The van der Waals surface area contributed by atoms with Gasteiger partial charge >= 0.3 is 0 Å². The second-order valence-corrected chi connectivity index (χ2v) is 7.86. The molecule has 0 unspecified atom stereocenters. The third kappa shape index (κ3) is 4.81. The fourth-order valence-electron chi connectivity index (χ4n) is 3.47. The van der Waals surface area contributed by atoms with Crippen LogP contribution in [0.1, 0.15) is 38.9 Å². The van der Waals surface area contributed by atoms with Crippen molar-refractivity contribution in [1.82, 2.24) is 0 Å². The van der Waals surface area contributed by atoms with Gasteiger partial charge in [-0.3, -0.25) is 0 Å². The maximum absolute atomic E-state index is 11.7. The summed E-state index contributed by atoms with van der Waals surface area (Å²) >= 11 is 0. The molecule has 0 fully saturated rings. The molecular formula is C31H24O. The van der Waals surface area contributed by atoms with Gasteiger partial charge in [-0.05, 0) is 43.7 Å². The Balaban J connectivity index is 1.79. The fraction of sp³-hybridized carbons (Fsp3) is 0.0968. The molecule has 0 heterocycles. The predicted molar refractivity (Wildman–Crippen MR) is 131 cm³/mol. The van der Waals surface area contributed by atoms with Gasteiger partial charge in [-0.1, -0.05) is 108 Å². The second kappa shape index (κ2) is 9.40. The molecule has 1 nitrogen and oxygen atoms in total. The Morgan fingerprint density at radius 3 is 1.72 bits per heavy atom. The van der Waals surface area contributed by atoms with Crippen molar-refractivity contribution in [1.29, 1.82) is 0 Å². The minimum atomic E-state index is -1.42. The van der Waals surface area contributed by atoms with Crippen LogP contribution < -0.4 is 0 Å². The predicted octanol–water partition coefficient (Wildman–Crippen LogP) is 5.99. The summed E-state index contributed by atoms with van der Waals surface area (Å²) in [4.78, 5) is 0. The summed E-state index contributed by atoms with van der Waals surface area (Å²) in [6.07, 6.45) is 0. The first-order valence-electron chi connectivity index (χ1n) is 10.6. The summed E-state index contributed by atoms with van der Waals surface area (Å²) in [6, 6.07) is 33.3. The van der Waals surface area contributed by atoms with E-state index in [4.69, 9.17) is 0 Å². The van der Waals surface area contributed by atoms with E-state index in [2.05, 4.69) is 42.7 Å². The molecule has 0 aliphatic carbocycles. The van der Waals surface area contributed by atoms with Crippen molar-refractivity contribution in [3.63, 3.8) is 0 Å². The summed E-state index contributed by atoms with van der Waals surface area (Å²) in [5.74, 6) is 12.9. The van der Waals surface area contributed by atoms with Crippen molar-refractivity contribution in [2.75, 3.05) is 0 Å². The molecule has 4 rings (SSSR count). The molecule has 0 atom stereocenters. The van der Waals surface area contributed by atoms with Crippen LogP contribution in [-0.4, -0.2) is 5.11 Å². The lowest BCUT2D eigenvalue weighted by atomic mass is 9.86. The van der Waals surface area contributed by atoms with Gasteiger partial charge in [-0.25, -0.2) is 0 Å². The molecule has 0 aliphatic rings. The molecule has 0 aromatic heterocycles. The summed E-state index contributed by atoms with van der Waals surface area (Å²) in [5, 5.41) is 11.7. The molecule has 0 radical (unpaired) electrons. The van der Waals surface area contributed by atoms with Gasteiger partial charge in [0.05, 0.1) is 0 Å². The van der Waals surface area contributed by atoms with E-state index in [1.54, 1.807) is 0 Å². The average molecular weight is 413 g/mol. The van der Waals surface area contributed by atoms with Crippen LogP contribution in [0.5, 0.6) is 0 Å². The van der Waals surface area contributed by atoms with Gasteiger partial charge in [0.2, 0.25) is 0 Å². The summed E-state index contributed by atoms with van der Waals surface area (Å²) in [6.45, 7) is 4.09. The van der Waals surface area contributed by atoms with Gasteiger partial charge in [-0.2, -0.15) is 0 Å². The van der Waals surface area contributed by atoms with Crippen molar-refractivity contribution in [3.05, 3.63) is 142 Å². The number of hydrogen-bond donors (Lipinski definition) is 1. The Hall–Kier alpha value is -4.04. The van der Waals surface area contributed by atoms with Gasteiger partial charge in [0, 0.05) is 27.8 Å². The molecule has 1 N–H and O–H groups in total. The highest BCUT2D eigenvalue weighted by Crippen LogP contribution is 2.29. The highest BCUT2D eigenvalue weighted by atomic mass is 16.3. The zero-order chi connectivity index (χ0) is 22.4. The zero-order valence-corrected chi connectivity index (χ0v) is 18.3. The SMILES string of the molecule is Cc1ccc(C#Cc2ccc(C)cc2C#CC(O)(c2ccccc2)c2ccccc2)cc1. The van der Waals surface area contributed by atoms with Crippen LogP contribution in [0.25, 0.3) is 0 Å². The highest BCUT2D eigenvalue weighted by Gasteiger charge is 2.29. The van der Waals surface area contributed by atoms with E-state index in [0.717, 1.165) is 33.4 Å². The fourth-order valence-corrected chi connectivity index (χ4v) is 3.47. The quantitative estimate of drug-likeness (QED) is 0.401. The topological polar surface area (TPSA) is 20.2 Å². The smallest absolute Gasteiger partial charge is 0.177 e. The van der Waals surface area contributed by atoms with Gasteiger partial charge in [0.1, 0.15) is 0 Å². The van der Waals surface area contributed by atoms with E-state index < -0.39 is 5.60 Å². The largest absolute Gasteiger partial charge is 0.369 e. The van der Waals surface area contributed by atoms with Crippen LogP contribution >= 0.6 is 0 Å². The van der Waals surface area contributed by atoms with Crippen LogP contribution in [0.3, 0.4) is 0 Å². The van der Waals surface area contributed by atoms with Crippen LogP contribution in [-0.2, 0) is 5.60 Å². The van der Waals surface area contributed by atoms with E-state index in [1.807, 2.05) is 97.9 Å². The normalized spacial score (nSPS) is 10.5. The van der Waals surface area contributed by atoms with Crippen molar-refractivity contribution < 1.29 is 5.11 Å². The van der Waals surface area contributed by atoms with E-state index in [1.165, 1.54) is 5.56 Å². The Kier molecular flexibility index (Phi) is 6.23. The Morgan fingerprint density at radius 2 is 1.12 bits per heavy atom. The monoisotopic (exact) mass is 412 g/mol. The Labute approximate surface area is 190 Å². The van der Waals surface area contributed by atoms with E-state index in [0.29, 0.717) is 0 Å². The van der Waals surface area contributed by atoms with Crippen LogP contribution in [0.4, 0.5) is 0 Å². The number of benzene rings is 4. The Bertz CT molecular complexity index is 1290. The molecule has 154 valence electrons. The van der Waals surface area contributed by atoms with Gasteiger partial charge in [-0.15, -0.1) is 0 Å². The van der Waals surface area contributed by atoms with E-state index in [9.17, 15) is 5.11 Å². The molecule has 0 amide bonds. The molecule has 0 aliphatic heterocycles. The Morgan fingerprint density at radius 1 is 0.562 bits per heavy atom. The second-order valence-electron chi connectivity index (χ2n) is 7.86. The maximum atomic E-state index is 11.7. The number of aryl methyl sites for hydroxylation is 2. The van der Waals surface area contributed by atoms with Crippen molar-refractivity contribution in [2.45, 2.75) is 19.4 Å². The molecule has 0 bridgehead atoms. The van der Waals surface area contributed by atoms with Gasteiger partial charge in [0.25, 0.3) is 0 Å². The summed E-state index contributed by atoms with van der Waals surface area (Å²) in [7, 11) is 0.